The first-order chi connectivity index (χ1) is 14.3. The molecule has 3 aromatic carbocycles. The minimum absolute atomic E-state index is 0.213. The highest BCUT2D eigenvalue weighted by Crippen LogP contribution is 2.41. The van der Waals surface area contributed by atoms with Crippen molar-refractivity contribution >= 4 is 16.5 Å². The first-order valence-corrected chi connectivity index (χ1v) is 10.8. The average molecular weight is 401 g/mol. The largest absolute Gasteiger partial charge is 0.348 e. The second-order valence-electron chi connectivity index (χ2n) is 7.32. The maximum absolute atomic E-state index is 13.2. The molecule has 0 N–H and O–H groups in total. The Kier molecular flexibility index (Phi) is 4.86. The number of rotatable bonds is 4. The van der Waals surface area contributed by atoms with E-state index >= 15 is 0 Å². The topological polar surface area (TPSA) is 16.1 Å². The van der Waals surface area contributed by atoms with Crippen molar-refractivity contribution in [2.45, 2.75) is 12.8 Å². The van der Waals surface area contributed by atoms with E-state index in [9.17, 15) is 4.39 Å². The molecule has 1 aliphatic heterocycles. The van der Waals surface area contributed by atoms with Gasteiger partial charge in [-0.1, -0.05) is 78.1 Å². The zero-order chi connectivity index (χ0) is 19.6. The van der Waals surface area contributed by atoms with E-state index in [0.29, 0.717) is 0 Å². The van der Waals surface area contributed by atoms with Crippen molar-refractivity contribution in [3.05, 3.63) is 84.7 Å². The predicted octanol–water partition coefficient (Wildman–Crippen LogP) is 6.88. The highest BCUT2D eigenvalue weighted by Gasteiger charge is 2.21. The Morgan fingerprint density at radius 2 is 1.28 bits per heavy atom. The number of hydrogen-bond acceptors (Lipinski definition) is 3. The molecule has 5 rings (SSSR count). The fourth-order valence-corrected chi connectivity index (χ4v) is 4.94. The molecule has 2 nitrogen and oxygen atoms in total. The summed E-state index contributed by atoms with van der Waals surface area (Å²) in [6.45, 7) is 2.18. The molecule has 0 aliphatic carbocycles. The van der Waals surface area contributed by atoms with Gasteiger partial charge in [0, 0.05) is 18.7 Å². The zero-order valence-electron chi connectivity index (χ0n) is 16.0. The molecule has 0 amide bonds. The smallest absolute Gasteiger partial charge is 0.186 e. The standard InChI is InChI=1S/C25H21FN2S/c26-22-14-12-19(13-15-22)18-8-10-20(11-9-18)23-24(21-6-2-1-3-7-21)29-25(27-23)28-16-4-5-17-28/h1-3,6-15H,4-5,16-17H2. The molecule has 4 aromatic rings. The molecular weight excluding hydrogens is 379 g/mol. The number of benzene rings is 3. The molecule has 1 saturated heterocycles. The van der Waals surface area contributed by atoms with Gasteiger partial charge in [-0.25, -0.2) is 9.37 Å². The third-order valence-corrected chi connectivity index (χ3v) is 6.53. The Labute approximate surface area is 174 Å². The van der Waals surface area contributed by atoms with E-state index in [0.717, 1.165) is 40.6 Å². The molecule has 0 radical (unpaired) electrons. The van der Waals surface area contributed by atoms with E-state index in [2.05, 4.69) is 53.4 Å². The first-order valence-electron chi connectivity index (χ1n) is 9.95. The Balaban J connectivity index is 1.54. The summed E-state index contributed by atoms with van der Waals surface area (Å²) in [7, 11) is 0. The second kappa shape index (κ2) is 7.80. The van der Waals surface area contributed by atoms with Crippen molar-refractivity contribution in [2.24, 2.45) is 0 Å². The Bertz CT molecular complexity index is 1100. The highest BCUT2D eigenvalue weighted by molar-refractivity contribution is 7.19. The van der Waals surface area contributed by atoms with Crippen LogP contribution in [0.2, 0.25) is 0 Å². The second-order valence-corrected chi connectivity index (χ2v) is 8.30. The van der Waals surface area contributed by atoms with Crippen molar-refractivity contribution in [1.29, 1.82) is 0 Å². The lowest BCUT2D eigenvalue weighted by Gasteiger charge is -2.12. The van der Waals surface area contributed by atoms with Crippen LogP contribution < -0.4 is 4.90 Å². The van der Waals surface area contributed by atoms with Gasteiger partial charge in [0.25, 0.3) is 0 Å². The SMILES string of the molecule is Fc1ccc(-c2ccc(-c3nc(N4CCCC4)sc3-c3ccccc3)cc2)cc1. The molecular formula is C25H21FN2S. The van der Waals surface area contributed by atoms with Crippen LogP contribution in [0.4, 0.5) is 9.52 Å². The van der Waals surface area contributed by atoms with Crippen LogP contribution in [0.5, 0.6) is 0 Å². The van der Waals surface area contributed by atoms with Gasteiger partial charge in [-0.05, 0) is 41.7 Å². The Morgan fingerprint density at radius 3 is 1.93 bits per heavy atom. The monoisotopic (exact) mass is 400 g/mol. The summed E-state index contributed by atoms with van der Waals surface area (Å²) >= 11 is 1.78. The molecule has 1 aliphatic rings. The van der Waals surface area contributed by atoms with Crippen molar-refractivity contribution in [2.75, 3.05) is 18.0 Å². The minimum atomic E-state index is -0.213. The van der Waals surface area contributed by atoms with Crippen molar-refractivity contribution in [3.8, 4) is 32.8 Å². The summed E-state index contributed by atoms with van der Waals surface area (Å²) in [5.41, 5.74) is 5.43. The van der Waals surface area contributed by atoms with Crippen LogP contribution >= 0.6 is 11.3 Å². The van der Waals surface area contributed by atoms with Crippen molar-refractivity contribution in [3.63, 3.8) is 0 Å². The quantitative estimate of drug-likeness (QED) is 0.371. The van der Waals surface area contributed by atoms with E-state index in [1.54, 1.807) is 11.3 Å². The van der Waals surface area contributed by atoms with Crippen LogP contribution in [0.3, 0.4) is 0 Å². The molecule has 29 heavy (non-hydrogen) atoms. The maximum atomic E-state index is 13.2. The summed E-state index contributed by atoms with van der Waals surface area (Å²) in [4.78, 5) is 8.65. The van der Waals surface area contributed by atoms with Crippen LogP contribution in [0, 0.1) is 5.82 Å². The van der Waals surface area contributed by atoms with E-state index < -0.39 is 0 Å². The molecule has 4 heteroatoms. The molecule has 0 bridgehead atoms. The molecule has 0 atom stereocenters. The van der Waals surface area contributed by atoms with Gasteiger partial charge in [-0.15, -0.1) is 0 Å². The third kappa shape index (κ3) is 3.68. The molecule has 0 saturated carbocycles. The predicted molar refractivity (Wildman–Crippen MR) is 120 cm³/mol. The number of thiazole rings is 1. The fraction of sp³-hybridized carbons (Fsp3) is 0.160. The lowest BCUT2D eigenvalue weighted by atomic mass is 10.0. The van der Waals surface area contributed by atoms with Gasteiger partial charge in [-0.3, -0.25) is 0 Å². The summed E-state index contributed by atoms with van der Waals surface area (Å²) in [6, 6.07) is 25.5. The van der Waals surface area contributed by atoms with Gasteiger partial charge in [0.2, 0.25) is 0 Å². The Morgan fingerprint density at radius 1 is 0.690 bits per heavy atom. The summed E-state index contributed by atoms with van der Waals surface area (Å²) in [5.74, 6) is -0.213. The van der Waals surface area contributed by atoms with Gasteiger partial charge in [0.15, 0.2) is 5.13 Å². The van der Waals surface area contributed by atoms with Gasteiger partial charge in [0.05, 0.1) is 10.6 Å². The lowest BCUT2D eigenvalue weighted by Crippen LogP contribution is -2.17. The first kappa shape index (κ1) is 18.1. The van der Waals surface area contributed by atoms with E-state index in [1.807, 2.05) is 18.2 Å². The van der Waals surface area contributed by atoms with Gasteiger partial charge in [-0.2, -0.15) is 0 Å². The van der Waals surface area contributed by atoms with Gasteiger partial charge in [0.1, 0.15) is 5.82 Å². The van der Waals surface area contributed by atoms with Crippen LogP contribution in [-0.4, -0.2) is 18.1 Å². The molecule has 2 heterocycles. The van der Waals surface area contributed by atoms with Crippen LogP contribution in [0.15, 0.2) is 78.9 Å². The zero-order valence-corrected chi connectivity index (χ0v) is 16.8. The van der Waals surface area contributed by atoms with Crippen LogP contribution in [0.25, 0.3) is 32.8 Å². The summed E-state index contributed by atoms with van der Waals surface area (Å²) < 4.78 is 13.2. The fourth-order valence-electron chi connectivity index (χ4n) is 3.80. The normalized spacial score (nSPS) is 13.8. The number of halogens is 1. The van der Waals surface area contributed by atoms with Crippen LogP contribution in [-0.2, 0) is 0 Å². The van der Waals surface area contributed by atoms with Crippen molar-refractivity contribution in [1.82, 2.24) is 4.98 Å². The number of anilines is 1. The average Bonchev–Trinajstić information content (AvgIpc) is 3.45. The molecule has 1 aromatic heterocycles. The minimum Gasteiger partial charge on any atom is -0.348 e. The van der Waals surface area contributed by atoms with E-state index in [-0.39, 0.29) is 5.82 Å². The van der Waals surface area contributed by atoms with E-state index in [4.69, 9.17) is 4.98 Å². The van der Waals surface area contributed by atoms with Crippen LogP contribution in [0.1, 0.15) is 12.8 Å². The van der Waals surface area contributed by atoms with Gasteiger partial charge >= 0.3 is 0 Å². The summed E-state index contributed by atoms with van der Waals surface area (Å²) in [6.07, 6.45) is 2.48. The highest BCUT2D eigenvalue weighted by atomic mass is 32.1. The maximum Gasteiger partial charge on any atom is 0.186 e. The number of nitrogens with zero attached hydrogens (tertiary/aromatic N) is 2. The van der Waals surface area contributed by atoms with Crippen molar-refractivity contribution < 1.29 is 4.39 Å². The molecule has 0 spiro atoms. The molecule has 1 fully saturated rings. The lowest BCUT2D eigenvalue weighted by molar-refractivity contribution is 0.628. The number of hydrogen-bond donors (Lipinski definition) is 0. The molecule has 0 unspecified atom stereocenters. The molecule has 144 valence electrons. The third-order valence-electron chi connectivity index (χ3n) is 5.36. The number of aromatic nitrogens is 1. The van der Waals surface area contributed by atoms with E-state index in [1.165, 1.54) is 35.4 Å². The Hall–Kier alpha value is -2.98. The van der Waals surface area contributed by atoms with Gasteiger partial charge < -0.3 is 4.90 Å². The summed E-state index contributed by atoms with van der Waals surface area (Å²) in [5, 5.41) is 1.11.